The number of nitrogen functional groups attached to an aromatic ring is 1. The van der Waals surface area contributed by atoms with Gasteiger partial charge in [0.05, 0.1) is 0 Å². The Balaban J connectivity index is 1.68. The summed E-state index contributed by atoms with van der Waals surface area (Å²) in [4.78, 5) is 15.6. The van der Waals surface area contributed by atoms with Gasteiger partial charge in [0, 0.05) is 5.56 Å². The fraction of sp³-hybridized carbons (Fsp3) is 0.0667. The molecule has 106 valence electrons. The maximum Gasteiger partial charge on any atom is 0.265 e. The molecule has 21 heavy (non-hydrogen) atoms. The first-order valence-corrected chi connectivity index (χ1v) is 6.34. The van der Waals surface area contributed by atoms with Crippen molar-refractivity contribution >= 4 is 17.0 Å². The number of nitrogens with one attached hydrogen (secondary N) is 1. The number of hydrazine groups is 1. The molecule has 0 atom stereocenters. The molecule has 1 heterocycles. The summed E-state index contributed by atoms with van der Waals surface area (Å²) < 4.78 is 11.1. The number of amides is 1. The molecular weight excluding hydrogens is 270 g/mol. The molecular formula is C15H13N3O3. The second-order valence-electron chi connectivity index (χ2n) is 4.36. The van der Waals surface area contributed by atoms with Crippen LogP contribution in [0.5, 0.6) is 5.75 Å². The lowest BCUT2D eigenvalue weighted by Gasteiger charge is -2.04. The van der Waals surface area contributed by atoms with Crippen LogP contribution >= 0.6 is 0 Å². The van der Waals surface area contributed by atoms with Crippen LogP contribution in [0.25, 0.3) is 11.1 Å². The molecule has 2 aromatic carbocycles. The second-order valence-corrected chi connectivity index (χ2v) is 4.36. The monoisotopic (exact) mass is 283 g/mol. The van der Waals surface area contributed by atoms with E-state index >= 15 is 0 Å². The molecule has 0 saturated carbocycles. The number of rotatable bonds is 4. The van der Waals surface area contributed by atoms with Gasteiger partial charge in [-0.2, -0.15) is 0 Å². The molecule has 0 aliphatic rings. The third-order valence-corrected chi connectivity index (χ3v) is 2.95. The highest BCUT2D eigenvalue weighted by atomic mass is 16.5. The summed E-state index contributed by atoms with van der Waals surface area (Å²) >= 11 is 0. The van der Waals surface area contributed by atoms with Crippen molar-refractivity contribution in [1.29, 1.82) is 0 Å². The largest absolute Gasteiger partial charge is 0.484 e. The second kappa shape index (κ2) is 5.64. The Hall–Kier alpha value is -2.86. The molecule has 0 saturated heterocycles. The minimum absolute atomic E-state index is 0.219. The van der Waals surface area contributed by atoms with Crippen LogP contribution in [0.1, 0.15) is 16.2 Å². The van der Waals surface area contributed by atoms with Crippen LogP contribution in [0.4, 0.5) is 0 Å². The summed E-state index contributed by atoms with van der Waals surface area (Å²) in [5, 5.41) is 0. The van der Waals surface area contributed by atoms with Crippen LogP contribution in [0.2, 0.25) is 0 Å². The number of ether oxygens (including phenoxy) is 1. The molecule has 0 bridgehead atoms. The van der Waals surface area contributed by atoms with Crippen LogP contribution in [0.15, 0.2) is 52.9 Å². The minimum Gasteiger partial charge on any atom is -0.484 e. The molecule has 3 N–H and O–H groups in total. The Morgan fingerprint density at radius 3 is 2.67 bits per heavy atom. The lowest BCUT2D eigenvalue weighted by atomic mass is 10.2. The molecule has 1 aromatic heterocycles. The van der Waals surface area contributed by atoms with E-state index in [4.69, 9.17) is 15.0 Å². The summed E-state index contributed by atoms with van der Waals surface area (Å²) in [5.41, 5.74) is 4.06. The fourth-order valence-corrected chi connectivity index (χ4v) is 1.91. The first-order chi connectivity index (χ1) is 10.3. The number of fused-ring (bicyclic) bond motifs is 1. The smallest absolute Gasteiger partial charge is 0.265 e. The molecule has 3 rings (SSSR count). The quantitative estimate of drug-likeness (QED) is 0.434. The highest BCUT2D eigenvalue weighted by Gasteiger charge is 2.07. The van der Waals surface area contributed by atoms with E-state index in [0.29, 0.717) is 17.2 Å². The van der Waals surface area contributed by atoms with E-state index in [0.717, 1.165) is 11.1 Å². The summed E-state index contributed by atoms with van der Waals surface area (Å²) in [7, 11) is 0. The lowest BCUT2D eigenvalue weighted by molar-refractivity contribution is 0.0953. The first kappa shape index (κ1) is 13.1. The number of nitrogens with zero attached hydrogens (tertiary/aromatic N) is 1. The number of carbonyl (C=O) groups is 1. The molecule has 6 heteroatoms. The Morgan fingerprint density at radius 1 is 1.19 bits per heavy atom. The summed E-state index contributed by atoms with van der Waals surface area (Å²) in [6.45, 7) is 0.219. The van der Waals surface area contributed by atoms with Crippen LogP contribution in [0.3, 0.4) is 0 Å². The standard InChI is InChI=1S/C15H13N3O3/c16-18-15(19)10-5-7-11(8-6-10)20-9-14-17-12-3-1-2-4-13(12)21-14/h1-8H,9,16H2,(H,18,19). The van der Waals surface area contributed by atoms with Gasteiger partial charge in [0.1, 0.15) is 11.3 Å². The van der Waals surface area contributed by atoms with Gasteiger partial charge in [0.15, 0.2) is 12.2 Å². The van der Waals surface area contributed by atoms with Gasteiger partial charge in [-0.15, -0.1) is 0 Å². The van der Waals surface area contributed by atoms with Gasteiger partial charge in [0.2, 0.25) is 5.89 Å². The summed E-state index contributed by atoms with van der Waals surface area (Å²) in [6.07, 6.45) is 0. The van der Waals surface area contributed by atoms with Crippen LogP contribution in [-0.4, -0.2) is 10.9 Å². The van der Waals surface area contributed by atoms with Crippen molar-refractivity contribution in [2.45, 2.75) is 6.61 Å². The number of para-hydroxylation sites is 2. The molecule has 0 unspecified atom stereocenters. The van der Waals surface area contributed by atoms with Crippen molar-refractivity contribution in [1.82, 2.24) is 10.4 Å². The molecule has 3 aromatic rings. The van der Waals surface area contributed by atoms with Gasteiger partial charge in [-0.1, -0.05) is 12.1 Å². The Labute approximate surface area is 120 Å². The van der Waals surface area contributed by atoms with Crippen LogP contribution in [-0.2, 0) is 6.61 Å². The maximum absolute atomic E-state index is 11.3. The third-order valence-electron chi connectivity index (χ3n) is 2.95. The average molecular weight is 283 g/mol. The fourth-order valence-electron chi connectivity index (χ4n) is 1.91. The normalized spacial score (nSPS) is 10.5. The Bertz CT molecular complexity index is 732. The molecule has 0 aliphatic carbocycles. The SMILES string of the molecule is NNC(=O)c1ccc(OCc2nc3ccccc3o2)cc1. The molecule has 0 radical (unpaired) electrons. The van der Waals surface area contributed by atoms with Crippen molar-refractivity contribution in [3.8, 4) is 5.75 Å². The zero-order chi connectivity index (χ0) is 14.7. The molecule has 1 amide bonds. The number of hydrogen-bond donors (Lipinski definition) is 2. The number of carbonyl (C=O) groups excluding carboxylic acids is 1. The maximum atomic E-state index is 11.3. The lowest BCUT2D eigenvalue weighted by Crippen LogP contribution is -2.29. The molecule has 6 nitrogen and oxygen atoms in total. The third kappa shape index (κ3) is 2.85. The van der Waals surface area contributed by atoms with Gasteiger partial charge < -0.3 is 9.15 Å². The summed E-state index contributed by atoms with van der Waals surface area (Å²) in [6, 6.07) is 14.2. The first-order valence-electron chi connectivity index (χ1n) is 6.34. The van der Waals surface area contributed by atoms with Crippen LogP contribution in [0, 0.1) is 0 Å². The summed E-state index contributed by atoms with van der Waals surface area (Å²) in [5.74, 6) is 5.83. The van der Waals surface area contributed by atoms with E-state index in [9.17, 15) is 4.79 Å². The Morgan fingerprint density at radius 2 is 1.95 bits per heavy atom. The number of benzene rings is 2. The van der Waals surface area contributed by atoms with Gasteiger partial charge >= 0.3 is 0 Å². The van der Waals surface area contributed by atoms with Crippen molar-refractivity contribution < 1.29 is 13.9 Å². The van der Waals surface area contributed by atoms with Crippen molar-refractivity contribution in [2.75, 3.05) is 0 Å². The number of aromatic nitrogens is 1. The predicted octanol–water partition coefficient (Wildman–Crippen LogP) is 2.01. The van der Waals surface area contributed by atoms with Crippen molar-refractivity contribution in [3.05, 3.63) is 60.0 Å². The highest BCUT2D eigenvalue weighted by Crippen LogP contribution is 2.17. The number of hydrogen-bond acceptors (Lipinski definition) is 5. The van der Waals surface area contributed by atoms with Crippen LogP contribution < -0.4 is 16.0 Å². The molecule has 0 aliphatic heterocycles. The van der Waals surface area contributed by atoms with E-state index in [1.165, 1.54) is 0 Å². The zero-order valence-corrected chi connectivity index (χ0v) is 11.1. The van der Waals surface area contributed by atoms with E-state index in [-0.39, 0.29) is 12.5 Å². The minimum atomic E-state index is -0.347. The zero-order valence-electron chi connectivity index (χ0n) is 11.1. The van der Waals surface area contributed by atoms with Gasteiger partial charge in [-0.3, -0.25) is 10.2 Å². The average Bonchev–Trinajstić information content (AvgIpc) is 2.95. The Kier molecular flexibility index (Phi) is 3.53. The van der Waals surface area contributed by atoms with Crippen molar-refractivity contribution in [2.24, 2.45) is 5.84 Å². The predicted molar refractivity (Wildman–Crippen MR) is 76.4 cm³/mol. The van der Waals surface area contributed by atoms with E-state index < -0.39 is 0 Å². The molecule has 0 fully saturated rings. The van der Waals surface area contributed by atoms with Gasteiger partial charge in [0.25, 0.3) is 5.91 Å². The molecule has 0 spiro atoms. The highest BCUT2D eigenvalue weighted by molar-refractivity contribution is 5.93. The van der Waals surface area contributed by atoms with E-state index in [1.54, 1.807) is 24.3 Å². The van der Waals surface area contributed by atoms with E-state index in [2.05, 4.69) is 10.4 Å². The topological polar surface area (TPSA) is 90.4 Å². The number of oxazole rings is 1. The van der Waals surface area contributed by atoms with E-state index in [1.807, 2.05) is 24.3 Å². The van der Waals surface area contributed by atoms with Crippen molar-refractivity contribution in [3.63, 3.8) is 0 Å². The van der Waals surface area contributed by atoms with Gasteiger partial charge in [-0.25, -0.2) is 10.8 Å². The van der Waals surface area contributed by atoms with Gasteiger partial charge in [-0.05, 0) is 36.4 Å². The number of nitrogens with two attached hydrogens (primary N) is 1.